The zero-order valence-corrected chi connectivity index (χ0v) is 12.6. The summed E-state index contributed by atoms with van der Waals surface area (Å²) in [5.74, 6) is 2.39. The van der Waals surface area contributed by atoms with Crippen LogP contribution in [0.4, 0.5) is 0 Å². The molecular formula is C17H21NO3. The van der Waals surface area contributed by atoms with Crippen molar-refractivity contribution in [3.63, 3.8) is 0 Å². The maximum atomic E-state index is 6.24. The van der Waals surface area contributed by atoms with Crippen LogP contribution in [0.3, 0.4) is 0 Å². The average molecular weight is 287 g/mol. The van der Waals surface area contributed by atoms with Gasteiger partial charge in [-0.05, 0) is 48.9 Å². The fourth-order valence-electron chi connectivity index (χ4n) is 2.04. The van der Waals surface area contributed by atoms with Crippen LogP contribution >= 0.6 is 0 Å². The number of nitrogens with two attached hydrogens (primary N) is 1. The van der Waals surface area contributed by atoms with E-state index in [0.717, 1.165) is 22.8 Å². The van der Waals surface area contributed by atoms with E-state index < -0.39 is 0 Å². The Hall–Kier alpha value is -2.20. The number of hydrogen-bond donors (Lipinski definition) is 1. The maximum absolute atomic E-state index is 6.24. The Morgan fingerprint density at radius 2 is 1.19 bits per heavy atom. The van der Waals surface area contributed by atoms with Gasteiger partial charge in [0.05, 0.1) is 20.3 Å². The molecule has 0 aliphatic heterocycles. The Morgan fingerprint density at radius 1 is 0.762 bits per heavy atom. The second kappa shape index (κ2) is 6.99. The molecule has 0 aromatic heterocycles. The molecule has 0 fully saturated rings. The van der Waals surface area contributed by atoms with Gasteiger partial charge in [0.15, 0.2) is 0 Å². The Labute approximate surface area is 125 Å². The van der Waals surface area contributed by atoms with Crippen molar-refractivity contribution < 1.29 is 14.2 Å². The summed E-state index contributed by atoms with van der Waals surface area (Å²) in [4.78, 5) is 0. The van der Waals surface area contributed by atoms with E-state index in [9.17, 15) is 0 Å². The van der Waals surface area contributed by atoms with Gasteiger partial charge in [-0.3, -0.25) is 0 Å². The molecule has 0 aliphatic rings. The van der Waals surface area contributed by atoms with Crippen LogP contribution in [-0.2, 0) is 0 Å². The van der Waals surface area contributed by atoms with Crippen molar-refractivity contribution in [2.45, 2.75) is 19.1 Å². The first-order valence-corrected chi connectivity index (χ1v) is 6.84. The third kappa shape index (κ3) is 3.89. The van der Waals surface area contributed by atoms with E-state index in [1.807, 2.05) is 55.5 Å². The first kappa shape index (κ1) is 15.2. The summed E-state index contributed by atoms with van der Waals surface area (Å²) in [6.45, 7) is 1.96. The molecule has 2 atom stereocenters. The standard InChI is InChI=1S/C17H21NO3/c1-12(21-16-10-8-15(20-3)9-11-16)17(18)13-4-6-14(19-2)7-5-13/h4-12,17H,18H2,1-3H3. The van der Waals surface area contributed by atoms with Crippen LogP contribution in [0.15, 0.2) is 48.5 Å². The van der Waals surface area contributed by atoms with E-state index in [4.69, 9.17) is 19.9 Å². The molecule has 112 valence electrons. The summed E-state index contributed by atoms with van der Waals surface area (Å²) in [5.41, 5.74) is 7.25. The van der Waals surface area contributed by atoms with Crippen LogP contribution in [-0.4, -0.2) is 20.3 Å². The Balaban J connectivity index is 2.01. The molecule has 2 aromatic rings. The van der Waals surface area contributed by atoms with Crippen LogP contribution in [0, 0.1) is 0 Å². The number of benzene rings is 2. The van der Waals surface area contributed by atoms with Crippen LogP contribution in [0.25, 0.3) is 0 Å². The zero-order valence-electron chi connectivity index (χ0n) is 12.6. The maximum Gasteiger partial charge on any atom is 0.120 e. The third-order valence-corrected chi connectivity index (χ3v) is 3.39. The predicted molar refractivity (Wildman–Crippen MR) is 83.0 cm³/mol. The SMILES string of the molecule is COc1ccc(OC(C)C(N)c2ccc(OC)cc2)cc1. The molecule has 2 rings (SSSR count). The van der Waals surface area contributed by atoms with Gasteiger partial charge in [-0.15, -0.1) is 0 Å². The fourth-order valence-corrected chi connectivity index (χ4v) is 2.04. The van der Waals surface area contributed by atoms with E-state index in [2.05, 4.69) is 0 Å². The quantitative estimate of drug-likeness (QED) is 0.886. The lowest BCUT2D eigenvalue weighted by molar-refractivity contribution is 0.190. The minimum Gasteiger partial charge on any atom is -0.497 e. The minimum atomic E-state index is -0.210. The van der Waals surface area contributed by atoms with Gasteiger partial charge < -0.3 is 19.9 Å². The molecule has 0 heterocycles. The van der Waals surface area contributed by atoms with Crippen LogP contribution < -0.4 is 19.9 Å². The topological polar surface area (TPSA) is 53.7 Å². The van der Waals surface area contributed by atoms with Gasteiger partial charge in [-0.25, -0.2) is 0 Å². The van der Waals surface area contributed by atoms with Gasteiger partial charge in [-0.1, -0.05) is 12.1 Å². The van der Waals surface area contributed by atoms with Gasteiger partial charge in [0.25, 0.3) is 0 Å². The number of hydrogen-bond acceptors (Lipinski definition) is 4. The monoisotopic (exact) mass is 287 g/mol. The van der Waals surface area contributed by atoms with Crippen LogP contribution in [0.5, 0.6) is 17.2 Å². The molecule has 2 N–H and O–H groups in total. The molecule has 0 saturated heterocycles. The molecule has 0 saturated carbocycles. The normalized spacial score (nSPS) is 13.3. The van der Waals surface area contributed by atoms with Crippen molar-refractivity contribution in [3.8, 4) is 17.2 Å². The molecule has 2 unspecified atom stereocenters. The smallest absolute Gasteiger partial charge is 0.120 e. The van der Waals surface area contributed by atoms with Gasteiger partial charge in [0.2, 0.25) is 0 Å². The number of rotatable bonds is 6. The highest BCUT2D eigenvalue weighted by atomic mass is 16.5. The Morgan fingerprint density at radius 3 is 1.67 bits per heavy atom. The molecule has 0 amide bonds. The lowest BCUT2D eigenvalue weighted by atomic mass is 10.0. The van der Waals surface area contributed by atoms with E-state index >= 15 is 0 Å². The van der Waals surface area contributed by atoms with Crippen LogP contribution in [0.1, 0.15) is 18.5 Å². The summed E-state index contributed by atoms with van der Waals surface area (Å²) in [5, 5.41) is 0. The lowest BCUT2D eigenvalue weighted by Gasteiger charge is -2.22. The second-order valence-corrected chi connectivity index (χ2v) is 4.80. The fraction of sp³-hybridized carbons (Fsp3) is 0.294. The van der Waals surface area contributed by atoms with Crippen LogP contribution in [0.2, 0.25) is 0 Å². The highest BCUT2D eigenvalue weighted by Crippen LogP contribution is 2.23. The molecule has 21 heavy (non-hydrogen) atoms. The van der Waals surface area contributed by atoms with Crippen molar-refractivity contribution in [2.24, 2.45) is 5.73 Å². The summed E-state index contributed by atoms with van der Waals surface area (Å²) >= 11 is 0. The first-order chi connectivity index (χ1) is 10.1. The molecule has 4 heteroatoms. The molecule has 0 radical (unpaired) electrons. The Kier molecular flexibility index (Phi) is 5.06. The second-order valence-electron chi connectivity index (χ2n) is 4.80. The van der Waals surface area contributed by atoms with Gasteiger partial charge in [-0.2, -0.15) is 0 Å². The minimum absolute atomic E-state index is 0.146. The zero-order chi connectivity index (χ0) is 15.2. The van der Waals surface area contributed by atoms with Crippen molar-refractivity contribution in [1.29, 1.82) is 0 Å². The van der Waals surface area contributed by atoms with Crippen molar-refractivity contribution >= 4 is 0 Å². The first-order valence-electron chi connectivity index (χ1n) is 6.84. The summed E-state index contributed by atoms with van der Waals surface area (Å²) in [6, 6.07) is 15.0. The van der Waals surface area contributed by atoms with Gasteiger partial charge in [0.1, 0.15) is 23.4 Å². The summed E-state index contributed by atoms with van der Waals surface area (Å²) in [6.07, 6.45) is -0.146. The number of methoxy groups -OCH3 is 2. The average Bonchev–Trinajstić information content (AvgIpc) is 2.55. The molecule has 0 bridgehead atoms. The van der Waals surface area contributed by atoms with E-state index in [1.54, 1.807) is 14.2 Å². The van der Waals surface area contributed by atoms with Gasteiger partial charge >= 0.3 is 0 Å². The predicted octanol–water partition coefficient (Wildman–Crippen LogP) is 3.17. The van der Waals surface area contributed by atoms with Crippen molar-refractivity contribution in [3.05, 3.63) is 54.1 Å². The molecule has 2 aromatic carbocycles. The summed E-state index contributed by atoms with van der Waals surface area (Å²) < 4.78 is 16.1. The van der Waals surface area contributed by atoms with Gasteiger partial charge in [0, 0.05) is 0 Å². The largest absolute Gasteiger partial charge is 0.497 e. The lowest BCUT2D eigenvalue weighted by Crippen LogP contribution is -2.28. The van der Waals surface area contributed by atoms with Crippen molar-refractivity contribution in [1.82, 2.24) is 0 Å². The highest BCUT2D eigenvalue weighted by molar-refractivity contribution is 5.32. The van der Waals surface area contributed by atoms with E-state index in [-0.39, 0.29) is 12.1 Å². The molecule has 0 aliphatic carbocycles. The molecule has 0 spiro atoms. The molecule has 4 nitrogen and oxygen atoms in total. The van der Waals surface area contributed by atoms with E-state index in [1.165, 1.54) is 0 Å². The highest BCUT2D eigenvalue weighted by Gasteiger charge is 2.16. The van der Waals surface area contributed by atoms with E-state index in [0.29, 0.717) is 0 Å². The molecular weight excluding hydrogens is 266 g/mol. The Bertz CT molecular complexity index is 551. The number of ether oxygens (including phenoxy) is 3. The third-order valence-electron chi connectivity index (χ3n) is 3.39. The van der Waals surface area contributed by atoms with Crippen molar-refractivity contribution in [2.75, 3.05) is 14.2 Å². The summed E-state index contributed by atoms with van der Waals surface area (Å²) in [7, 11) is 3.28.